The molecule has 0 aliphatic carbocycles. The lowest BCUT2D eigenvalue weighted by molar-refractivity contribution is -0.111. The number of benzene rings is 1. The third-order valence-corrected chi connectivity index (χ3v) is 6.05. The number of nitrogens with one attached hydrogen (secondary N) is 1. The van der Waals surface area contributed by atoms with Gasteiger partial charge in [-0.3, -0.25) is 4.79 Å². The molecule has 1 aromatic heterocycles. The minimum absolute atomic E-state index is 0.133. The molecule has 10 heteroatoms. The summed E-state index contributed by atoms with van der Waals surface area (Å²) in [5.74, 6) is -0.648. The molecule has 33 heavy (non-hydrogen) atoms. The van der Waals surface area contributed by atoms with Crippen LogP contribution in [0.15, 0.2) is 22.7 Å². The van der Waals surface area contributed by atoms with Crippen LogP contribution in [-0.4, -0.2) is 44.8 Å². The first-order valence-corrected chi connectivity index (χ1v) is 11.7. The van der Waals surface area contributed by atoms with Gasteiger partial charge in [-0.05, 0) is 73.0 Å². The molecule has 0 atom stereocenters. The van der Waals surface area contributed by atoms with E-state index in [1.165, 1.54) is 20.3 Å². The average molecular weight is 540 g/mol. The number of hydrogen-bond acceptors (Lipinski definition) is 8. The molecule has 0 spiro atoms. The number of halogens is 1. The highest BCUT2D eigenvalue weighted by atomic mass is 79.9. The van der Waals surface area contributed by atoms with Crippen LogP contribution in [0, 0.1) is 6.92 Å². The summed E-state index contributed by atoms with van der Waals surface area (Å²) < 4.78 is 21.6. The van der Waals surface area contributed by atoms with Gasteiger partial charge in [0.25, 0.3) is 0 Å². The average Bonchev–Trinajstić information content (AvgIpc) is 3.07. The Morgan fingerprint density at radius 1 is 1.15 bits per heavy atom. The molecule has 0 fully saturated rings. The van der Waals surface area contributed by atoms with Gasteiger partial charge in [-0.1, -0.05) is 0 Å². The van der Waals surface area contributed by atoms with E-state index in [-0.39, 0.29) is 28.2 Å². The summed E-state index contributed by atoms with van der Waals surface area (Å²) in [6.07, 6.45) is 2.57. The van der Waals surface area contributed by atoms with Gasteiger partial charge in [0.1, 0.15) is 9.88 Å². The third-order valence-electron chi connectivity index (χ3n) is 4.27. The number of rotatable bonds is 9. The lowest BCUT2D eigenvalue weighted by Crippen LogP contribution is -2.13. The van der Waals surface area contributed by atoms with Crippen molar-refractivity contribution in [2.24, 2.45) is 0 Å². The van der Waals surface area contributed by atoms with Crippen LogP contribution in [0.25, 0.3) is 6.08 Å². The van der Waals surface area contributed by atoms with Crippen LogP contribution in [0.3, 0.4) is 0 Å². The molecule has 0 aliphatic heterocycles. The molecule has 0 saturated carbocycles. The molecule has 0 bridgehead atoms. The first-order valence-electron chi connectivity index (χ1n) is 10.0. The zero-order valence-corrected chi connectivity index (χ0v) is 21.6. The summed E-state index contributed by atoms with van der Waals surface area (Å²) in [5.41, 5.74) is 1.21. The van der Waals surface area contributed by atoms with E-state index in [2.05, 4.69) is 21.2 Å². The maximum atomic E-state index is 12.6. The van der Waals surface area contributed by atoms with Crippen molar-refractivity contribution in [3.8, 4) is 11.5 Å². The monoisotopic (exact) mass is 539 g/mol. The number of methoxy groups -OCH3 is 2. The van der Waals surface area contributed by atoms with E-state index in [0.717, 1.165) is 11.3 Å². The second-order valence-electron chi connectivity index (χ2n) is 7.00. The Morgan fingerprint density at radius 3 is 2.42 bits per heavy atom. The van der Waals surface area contributed by atoms with Crippen molar-refractivity contribution >= 4 is 56.2 Å². The molecule has 8 nitrogen and oxygen atoms in total. The molecule has 1 heterocycles. The first kappa shape index (κ1) is 26.4. The van der Waals surface area contributed by atoms with E-state index in [0.29, 0.717) is 27.1 Å². The number of ether oxygens (including phenoxy) is 4. The van der Waals surface area contributed by atoms with Crippen molar-refractivity contribution in [2.75, 3.05) is 26.1 Å². The van der Waals surface area contributed by atoms with Gasteiger partial charge in [0.15, 0.2) is 11.5 Å². The molecular weight excluding hydrogens is 514 g/mol. The molecule has 2 aromatic rings. The molecule has 2 rings (SSSR count). The topological polar surface area (TPSA) is 100 Å². The maximum absolute atomic E-state index is 12.6. The van der Waals surface area contributed by atoms with E-state index in [4.69, 9.17) is 18.9 Å². The highest BCUT2D eigenvalue weighted by Crippen LogP contribution is 2.37. The lowest BCUT2D eigenvalue weighted by atomic mass is 10.1. The lowest BCUT2D eigenvalue weighted by Gasteiger charge is -2.10. The van der Waals surface area contributed by atoms with Crippen molar-refractivity contribution in [3.05, 3.63) is 44.2 Å². The maximum Gasteiger partial charge on any atom is 0.348 e. The second-order valence-corrected chi connectivity index (χ2v) is 8.87. The molecular formula is C23H26BrNO7S. The summed E-state index contributed by atoms with van der Waals surface area (Å²) in [5, 5.41) is 2.88. The number of anilines is 1. The quantitative estimate of drug-likeness (QED) is 0.344. The van der Waals surface area contributed by atoms with Gasteiger partial charge in [0.05, 0.1) is 37.0 Å². The summed E-state index contributed by atoms with van der Waals surface area (Å²) >= 11 is 4.38. The number of hydrogen-bond donors (Lipinski definition) is 1. The number of thiophene rings is 1. The van der Waals surface area contributed by atoms with Crippen LogP contribution in [0.1, 0.15) is 51.9 Å². The fraction of sp³-hybridized carbons (Fsp3) is 0.348. The molecule has 0 saturated heterocycles. The van der Waals surface area contributed by atoms with Crippen molar-refractivity contribution in [1.82, 2.24) is 0 Å². The highest BCUT2D eigenvalue weighted by molar-refractivity contribution is 9.10. The molecule has 0 aliphatic rings. The Morgan fingerprint density at radius 2 is 1.85 bits per heavy atom. The minimum Gasteiger partial charge on any atom is -0.493 e. The SMILES string of the molecule is CCOC(=O)c1c(NC(=O)C=Cc2cc(Br)c(OC)c(OC)c2)sc(C(=O)OC(C)C)c1C. The zero-order chi connectivity index (χ0) is 24.7. The summed E-state index contributed by atoms with van der Waals surface area (Å²) in [6, 6.07) is 3.48. The van der Waals surface area contributed by atoms with Gasteiger partial charge < -0.3 is 24.3 Å². The molecule has 1 amide bonds. The third kappa shape index (κ3) is 6.58. The van der Waals surface area contributed by atoms with Crippen LogP contribution in [0.5, 0.6) is 11.5 Å². The van der Waals surface area contributed by atoms with Crippen LogP contribution in [0.2, 0.25) is 0 Å². The van der Waals surface area contributed by atoms with Gasteiger partial charge in [-0.15, -0.1) is 11.3 Å². The van der Waals surface area contributed by atoms with E-state index < -0.39 is 17.8 Å². The van der Waals surface area contributed by atoms with Crippen molar-refractivity contribution in [2.45, 2.75) is 33.8 Å². The van der Waals surface area contributed by atoms with Crippen LogP contribution in [0.4, 0.5) is 5.00 Å². The largest absolute Gasteiger partial charge is 0.493 e. The Balaban J connectivity index is 2.33. The Labute approximate surface area is 205 Å². The molecule has 0 unspecified atom stereocenters. The van der Waals surface area contributed by atoms with Gasteiger partial charge in [0, 0.05) is 6.08 Å². The predicted molar refractivity (Wildman–Crippen MR) is 130 cm³/mol. The molecule has 178 valence electrons. The van der Waals surface area contributed by atoms with E-state index in [1.54, 1.807) is 45.9 Å². The Bertz CT molecular complexity index is 1080. The van der Waals surface area contributed by atoms with Gasteiger partial charge in [-0.2, -0.15) is 0 Å². The van der Waals surface area contributed by atoms with E-state index >= 15 is 0 Å². The van der Waals surface area contributed by atoms with Crippen molar-refractivity contribution in [1.29, 1.82) is 0 Å². The Kier molecular flexibility index (Phi) is 9.48. The zero-order valence-electron chi connectivity index (χ0n) is 19.2. The molecule has 1 N–H and O–H groups in total. The Hall–Kier alpha value is -2.85. The fourth-order valence-electron chi connectivity index (χ4n) is 2.87. The van der Waals surface area contributed by atoms with Gasteiger partial charge >= 0.3 is 11.9 Å². The van der Waals surface area contributed by atoms with Crippen molar-refractivity contribution in [3.63, 3.8) is 0 Å². The van der Waals surface area contributed by atoms with Gasteiger partial charge in [0.2, 0.25) is 5.91 Å². The number of esters is 2. The summed E-state index contributed by atoms with van der Waals surface area (Å²) in [4.78, 5) is 37.8. The number of amides is 1. The van der Waals surface area contributed by atoms with Crippen LogP contribution >= 0.6 is 27.3 Å². The van der Waals surface area contributed by atoms with Gasteiger partial charge in [-0.25, -0.2) is 9.59 Å². The van der Waals surface area contributed by atoms with E-state index in [9.17, 15) is 14.4 Å². The normalized spacial score (nSPS) is 10.9. The van der Waals surface area contributed by atoms with Crippen LogP contribution in [-0.2, 0) is 14.3 Å². The van der Waals surface area contributed by atoms with Crippen molar-refractivity contribution < 1.29 is 33.3 Å². The smallest absolute Gasteiger partial charge is 0.348 e. The summed E-state index contributed by atoms with van der Waals surface area (Å²) in [7, 11) is 3.04. The molecule has 1 aromatic carbocycles. The number of carbonyl (C=O) groups excluding carboxylic acids is 3. The van der Waals surface area contributed by atoms with Crippen LogP contribution < -0.4 is 14.8 Å². The molecule has 0 radical (unpaired) electrons. The standard InChI is InChI=1S/C23H26BrNO7S/c1-7-31-22(27)18-13(4)20(23(28)32-12(2)3)33-21(18)25-17(26)9-8-14-10-15(24)19(30-6)16(11-14)29-5/h8-12H,7H2,1-6H3,(H,25,26). The fourth-order valence-corrected chi connectivity index (χ4v) is 4.57. The minimum atomic E-state index is -0.627. The summed E-state index contributed by atoms with van der Waals surface area (Å²) in [6.45, 7) is 6.91. The number of carbonyl (C=O) groups is 3. The first-order chi connectivity index (χ1) is 15.6. The predicted octanol–water partition coefficient (Wildman–Crippen LogP) is 5.23. The van der Waals surface area contributed by atoms with E-state index in [1.807, 2.05) is 0 Å². The highest BCUT2D eigenvalue weighted by Gasteiger charge is 2.27. The second kappa shape index (κ2) is 11.9.